The Hall–Kier alpha value is -1.36. The predicted octanol–water partition coefficient (Wildman–Crippen LogP) is 2.85. The first-order valence-corrected chi connectivity index (χ1v) is 9.74. The average Bonchev–Trinajstić information content (AvgIpc) is 3.11. The predicted molar refractivity (Wildman–Crippen MR) is 92.9 cm³/mol. The van der Waals surface area contributed by atoms with E-state index in [4.69, 9.17) is 4.74 Å². The van der Waals surface area contributed by atoms with Crippen LogP contribution in [0.15, 0.2) is 12.2 Å². The van der Waals surface area contributed by atoms with Crippen molar-refractivity contribution >= 4 is 11.9 Å². The molecule has 5 heteroatoms. The molecule has 0 aromatic heterocycles. The SMILES string of the molecule is C=C1CCC[C@]2(C)C[C@H]3OC(=O)[C@H](CN4CCC[C@H]4C(=O)O)[C@H]3C[C@@H]12. The number of carbonyl (C=O) groups is 2. The maximum Gasteiger partial charge on any atom is 0.320 e. The smallest absolute Gasteiger partial charge is 0.320 e. The molecule has 0 unspecified atom stereocenters. The molecule has 2 aliphatic carbocycles. The van der Waals surface area contributed by atoms with E-state index in [1.807, 2.05) is 4.90 Å². The van der Waals surface area contributed by atoms with Crippen molar-refractivity contribution < 1.29 is 19.4 Å². The minimum atomic E-state index is -0.766. The number of nitrogens with zero attached hydrogens (tertiary/aromatic N) is 1. The Bertz CT molecular complexity index is 603. The number of ether oxygens (including phenoxy) is 1. The van der Waals surface area contributed by atoms with Gasteiger partial charge in [-0.05, 0) is 62.8 Å². The molecule has 25 heavy (non-hydrogen) atoms. The van der Waals surface area contributed by atoms with Gasteiger partial charge >= 0.3 is 11.9 Å². The average molecular weight is 347 g/mol. The van der Waals surface area contributed by atoms with Gasteiger partial charge in [0.1, 0.15) is 12.1 Å². The summed E-state index contributed by atoms with van der Waals surface area (Å²) < 4.78 is 5.79. The molecule has 2 saturated carbocycles. The molecule has 0 radical (unpaired) electrons. The molecule has 5 nitrogen and oxygen atoms in total. The quantitative estimate of drug-likeness (QED) is 0.628. The van der Waals surface area contributed by atoms with E-state index in [9.17, 15) is 14.7 Å². The van der Waals surface area contributed by atoms with Crippen LogP contribution in [0.1, 0.15) is 51.9 Å². The minimum absolute atomic E-state index is 0.00975. The van der Waals surface area contributed by atoms with Gasteiger partial charge in [-0.15, -0.1) is 0 Å². The number of aliphatic carboxylic acids is 1. The van der Waals surface area contributed by atoms with Crippen LogP contribution in [-0.4, -0.2) is 47.2 Å². The lowest BCUT2D eigenvalue weighted by molar-refractivity contribution is -0.148. The minimum Gasteiger partial charge on any atom is -0.480 e. The van der Waals surface area contributed by atoms with Crippen molar-refractivity contribution in [2.45, 2.75) is 64.0 Å². The van der Waals surface area contributed by atoms with Gasteiger partial charge < -0.3 is 9.84 Å². The van der Waals surface area contributed by atoms with Gasteiger partial charge in [-0.1, -0.05) is 19.1 Å². The molecule has 2 heterocycles. The number of fused-ring (bicyclic) bond motifs is 2. The van der Waals surface area contributed by atoms with Crippen molar-refractivity contribution in [3.63, 3.8) is 0 Å². The molecule has 4 rings (SSSR count). The Balaban J connectivity index is 1.52. The van der Waals surface area contributed by atoms with E-state index in [0.29, 0.717) is 18.9 Å². The van der Waals surface area contributed by atoms with Crippen molar-refractivity contribution in [1.29, 1.82) is 0 Å². The van der Waals surface area contributed by atoms with E-state index in [-0.39, 0.29) is 29.3 Å². The van der Waals surface area contributed by atoms with E-state index in [1.165, 1.54) is 18.4 Å². The van der Waals surface area contributed by atoms with E-state index in [1.54, 1.807) is 0 Å². The molecule has 0 amide bonds. The van der Waals surface area contributed by atoms with Crippen LogP contribution >= 0.6 is 0 Å². The van der Waals surface area contributed by atoms with Gasteiger partial charge in [0.25, 0.3) is 0 Å². The number of hydrogen-bond donors (Lipinski definition) is 1. The molecule has 2 saturated heterocycles. The van der Waals surface area contributed by atoms with Crippen molar-refractivity contribution in [1.82, 2.24) is 4.90 Å². The number of esters is 1. The lowest BCUT2D eigenvalue weighted by Gasteiger charge is -2.50. The second-order valence-electron chi connectivity index (χ2n) is 8.90. The summed E-state index contributed by atoms with van der Waals surface area (Å²) in [6, 6.07) is -0.439. The van der Waals surface area contributed by atoms with Crippen molar-refractivity contribution in [3.8, 4) is 0 Å². The van der Waals surface area contributed by atoms with Gasteiger partial charge in [0.2, 0.25) is 0 Å². The summed E-state index contributed by atoms with van der Waals surface area (Å²) in [7, 11) is 0. The molecule has 1 N–H and O–H groups in total. The number of carboxylic acid groups (broad SMARTS) is 1. The van der Waals surface area contributed by atoms with Crippen LogP contribution in [0.5, 0.6) is 0 Å². The van der Waals surface area contributed by atoms with Gasteiger partial charge in [0, 0.05) is 12.5 Å². The summed E-state index contributed by atoms with van der Waals surface area (Å²) in [4.78, 5) is 26.0. The number of carbonyl (C=O) groups excluding carboxylic acids is 1. The molecule has 4 aliphatic rings. The van der Waals surface area contributed by atoms with E-state index in [2.05, 4.69) is 13.5 Å². The van der Waals surface area contributed by atoms with Gasteiger partial charge in [-0.3, -0.25) is 14.5 Å². The largest absolute Gasteiger partial charge is 0.480 e. The highest BCUT2D eigenvalue weighted by Crippen LogP contribution is 2.57. The Labute approximate surface area is 149 Å². The summed E-state index contributed by atoms with van der Waals surface area (Å²) in [5, 5.41) is 9.41. The standard InChI is InChI=1S/C20H29NO4/c1-12-5-3-7-20(2)10-17-13(9-15(12)20)14(19(24)25-17)11-21-8-4-6-16(21)18(22)23/h13-17H,1,3-11H2,2H3,(H,22,23)/t13-,14-,15+,16+,17-,20-/m1/s1. The summed E-state index contributed by atoms with van der Waals surface area (Å²) in [6.45, 7) is 7.96. The highest BCUT2D eigenvalue weighted by Gasteiger charge is 2.55. The Morgan fingerprint density at radius 2 is 2.24 bits per heavy atom. The van der Waals surface area contributed by atoms with Gasteiger partial charge in [-0.25, -0.2) is 0 Å². The van der Waals surface area contributed by atoms with E-state index < -0.39 is 12.0 Å². The first-order chi connectivity index (χ1) is 11.9. The monoisotopic (exact) mass is 347 g/mol. The lowest BCUT2D eigenvalue weighted by atomic mass is 9.55. The zero-order valence-corrected chi connectivity index (χ0v) is 15.1. The fourth-order valence-electron chi connectivity index (χ4n) is 6.04. The maximum atomic E-state index is 12.6. The van der Waals surface area contributed by atoms with Gasteiger partial charge in [0.05, 0.1) is 5.92 Å². The molecule has 0 spiro atoms. The third-order valence-corrected chi connectivity index (χ3v) is 7.40. The number of allylic oxidation sites excluding steroid dienone is 1. The first kappa shape index (κ1) is 17.1. The number of likely N-dealkylation sites (tertiary alicyclic amines) is 1. The highest BCUT2D eigenvalue weighted by atomic mass is 16.6. The van der Waals surface area contributed by atoms with Crippen molar-refractivity contribution in [2.24, 2.45) is 23.2 Å². The summed E-state index contributed by atoms with van der Waals surface area (Å²) in [6.07, 6.45) is 6.98. The topological polar surface area (TPSA) is 66.8 Å². The van der Waals surface area contributed by atoms with Crippen LogP contribution in [-0.2, 0) is 14.3 Å². The van der Waals surface area contributed by atoms with Gasteiger partial charge in [-0.2, -0.15) is 0 Å². The Morgan fingerprint density at radius 3 is 3.00 bits per heavy atom. The molecule has 0 aromatic rings. The molecule has 2 aliphatic heterocycles. The summed E-state index contributed by atoms with van der Waals surface area (Å²) in [5.74, 6) is -0.357. The molecular formula is C20H29NO4. The first-order valence-electron chi connectivity index (χ1n) is 9.74. The van der Waals surface area contributed by atoms with Crippen LogP contribution in [0.2, 0.25) is 0 Å². The third-order valence-electron chi connectivity index (χ3n) is 7.40. The highest BCUT2D eigenvalue weighted by molar-refractivity contribution is 5.76. The molecule has 138 valence electrons. The number of hydrogen-bond acceptors (Lipinski definition) is 4. The molecular weight excluding hydrogens is 318 g/mol. The number of rotatable bonds is 3. The third kappa shape index (κ3) is 2.80. The maximum absolute atomic E-state index is 12.6. The normalized spacial score (nSPS) is 44.3. The van der Waals surface area contributed by atoms with Crippen LogP contribution < -0.4 is 0 Å². The second kappa shape index (κ2) is 6.11. The van der Waals surface area contributed by atoms with Crippen LogP contribution in [0, 0.1) is 23.2 Å². The summed E-state index contributed by atoms with van der Waals surface area (Å²) in [5.41, 5.74) is 1.55. The van der Waals surface area contributed by atoms with Crippen LogP contribution in [0.3, 0.4) is 0 Å². The molecule has 6 atom stereocenters. The van der Waals surface area contributed by atoms with Crippen molar-refractivity contribution in [2.75, 3.05) is 13.1 Å². The van der Waals surface area contributed by atoms with Crippen LogP contribution in [0.4, 0.5) is 0 Å². The van der Waals surface area contributed by atoms with Crippen molar-refractivity contribution in [3.05, 3.63) is 12.2 Å². The number of carboxylic acids is 1. The Morgan fingerprint density at radius 1 is 1.44 bits per heavy atom. The van der Waals surface area contributed by atoms with E-state index in [0.717, 1.165) is 32.2 Å². The molecule has 4 fully saturated rings. The van der Waals surface area contributed by atoms with E-state index >= 15 is 0 Å². The fraction of sp³-hybridized carbons (Fsp3) is 0.800. The van der Waals surface area contributed by atoms with Gasteiger partial charge in [0.15, 0.2) is 0 Å². The molecule has 0 bridgehead atoms. The second-order valence-corrected chi connectivity index (χ2v) is 8.90. The van der Waals surface area contributed by atoms with Crippen LogP contribution in [0.25, 0.3) is 0 Å². The lowest BCUT2D eigenvalue weighted by Crippen LogP contribution is -2.46. The fourth-order valence-corrected chi connectivity index (χ4v) is 6.04. The zero-order valence-electron chi connectivity index (χ0n) is 15.1. The summed E-state index contributed by atoms with van der Waals surface area (Å²) >= 11 is 0. The zero-order chi connectivity index (χ0) is 17.8. The Kier molecular flexibility index (Phi) is 4.18. The molecule has 0 aromatic carbocycles.